The molecule has 1 fully saturated rings. The van der Waals surface area contributed by atoms with E-state index in [9.17, 15) is 4.79 Å². The molecule has 0 unspecified atom stereocenters. The molecule has 0 aromatic carbocycles. The first kappa shape index (κ1) is 16.0. The largest absolute Gasteiger partial charge is 0.365 e. The maximum absolute atomic E-state index is 11.8. The van der Waals surface area contributed by atoms with Crippen molar-refractivity contribution in [2.45, 2.75) is 25.8 Å². The molecule has 7 heteroatoms. The summed E-state index contributed by atoms with van der Waals surface area (Å²) in [7, 11) is 1.93. The fraction of sp³-hybridized carbons (Fsp3) is 0.412. The SMILES string of the molecule is CC(=O)N1C[C@@H](Nc2ccc(C#N)c(C)n2)[C@H](c2cn(C)cn2)C1. The zero-order valence-electron chi connectivity index (χ0n) is 14.0. The second kappa shape index (κ2) is 6.32. The van der Waals surface area contributed by atoms with E-state index in [0.717, 1.165) is 5.69 Å². The number of amides is 1. The fourth-order valence-corrected chi connectivity index (χ4v) is 3.08. The van der Waals surface area contributed by atoms with Crippen LogP contribution in [0.15, 0.2) is 24.7 Å². The molecule has 124 valence electrons. The van der Waals surface area contributed by atoms with E-state index in [-0.39, 0.29) is 17.9 Å². The number of nitriles is 1. The molecule has 7 nitrogen and oxygen atoms in total. The van der Waals surface area contributed by atoms with Crippen molar-refractivity contribution in [3.8, 4) is 6.07 Å². The first-order valence-corrected chi connectivity index (χ1v) is 7.85. The third-order valence-corrected chi connectivity index (χ3v) is 4.41. The number of pyridine rings is 1. The van der Waals surface area contributed by atoms with Gasteiger partial charge in [-0.2, -0.15) is 5.26 Å². The van der Waals surface area contributed by atoms with Gasteiger partial charge in [0.1, 0.15) is 11.9 Å². The second-order valence-corrected chi connectivity index (χ2v) is 6.19. The maximum atomic E-state index is 11.8. The minimum atomic E-state index is 0.0311. The highest BCUT2D eigenvalue weighted by molar-refractivity contribution is 5.74. The summed E-state index contributed by atoms with van der Waals surface area (Å²) >= 11 is 0. The van der Waals surface area contributed by atoms with Crippen LogP contribution in [0.4, 0.5) is 5.82 Å². The van der Waals surface area contributed by atoms with Crippen LogP contribution in [-0.4, -0.2) is 44.5 Å². The molecule has 1 aliphatic heterocycles. The number of imidazole rings is 1. The molecule has 1 N–H and O–H groups in total. The zero-order chi connectivity index (χ0) is 17.3. The predicted molar refractivity (Wildman–Crippen MR) is 89.3 cm³/mol. The fourth-order valence-electron chi connectivity index (χ4n) is 3.08. The number of hydrogen-bond donors (Lipinski definition) is 1. The van der Waals surface area contributed by atoms with Crippen molar-refractivity contribution in [1.29, 1.82) is 5.26 Å². The number of carbonyl (C=O) groups excluding carboxylic acids is 1. The van der Waals surface area contributed by atoms with Gasteiger partial charge in [-0.25, -0.2) is 9.97 Å². The van der Waals surface area contributed by atoms with Crippen molar-refractivity contribution >= 4 is 11.7 Å². The monoisotopic (exact) mass is 324 g/mol. The van der Waals surface area contributed by atoms with E-state index in [4.69, 9.17) is 5.26 Å². The van der Waals surface area contributed by atoms with Gasteiger partial charge in [0.15, 0.2) is 0 Å². The molecule has 0 aliphatic carbocycles. The number of aryl methyl sites for hydroxylation is 2. The van der Waals surface area contributed by atoms with Crippen LogP contribution in [0.1, 0.15) is 29.8 Å². The minimum Gasteiger partial charge on any atom is -0.365 e. The molecular formula is C17H20N6O. The molecular weight excluding hydrogens is 304 g/mol. The van der Waals surface area contributed by atoms with Crippen molar-refractivity contribution < 1.29 is 4.79 Å². The molecule has 0 radical (unpaired) electrons. The molecule has 1 saturated heterocycles. The third-order valence-electron chi connectivity index (χ3n) is 4.41. The summed E-state index contributed by atoms with van der Waals surface area (Å²) in [5.74, 6) is 0.875. The molecule has 3 rings (SSSR count). The van der Waals surface area contributed by atoms with Gasteiger partial charge in [0.05, 0.1) is 29.3 Å². The molecule has 2 atom stereocenters. The van der Waals surface area contributed by atoms with E-state index < -0.39 is 0 Å². The van der Waals surface area contributed by atoms with E-state index in [2.05, 4.69) is 21.4 Å². The Morgan fingerprint density at radius 3 is 2.79 bits per heavy atom. The van der Waals surface area contributed by atoms with Gasteiger partial charge in [-0.3, -0.25) is 4.79 Å². The number of rotatable bonds is 3. The van der Waals surface area contributed by atoms with Crippen LogP contribution in [0.2, 0.25) is 0 Å². The van der Waals surface area contributed by atoms with Crippen LogP contribution < -0.4 is 5.32 Å². The Kier molecular flexibility index (Phi) is 4.21. The standard InChI is InChI=1S/C17H20N6O/c1-11-13(6-18)4-5-17(20-11)21-16-9-23(12(2)24)7-14(16)15-8-22(3)10-19-15/h4-5,8,10,14,16H,7,9H2,1-3H3,(H,20,21)/t14-,16+/m0/s1. The average molecular weight is 324 g/mol. The van der Waals surface area contributed by atoms with Crippen LogP contribution in [0.5, 0.6) is 0 Å². The lowest BCUT2D eigenvalue weighted by molar-refractivity contribution is -0.127. The quantitative estimate of drug-likeness (QED) is 0.923. The summed E-state index contributed by atoms with van der Waals surface area (Å²) in [5.41, 5.74) is 2.22. The Morgan fingerprint density at radius 1 is 1.42 bits per heavy atom. The van der Waals surface area contributed by atoms with Crippen molar-refractivity contribution in [3.05, 3.63) is 41.6 Å². The Bertz CT molecular complexity index is 806. The third kappa shape index (κ3) is 3.08. The molecule has 0 bridgehead atoms. The summed E-state index contributed by atoms with van der Waals surface area (Å²) in [4.78, 5) is 22.5. The summed E-state index contributed by atoms with van der Waals surface area (Å²) in [6.45, 7) is 4.65. The van der Waals surface area contributed by atoms with Gasteiger partial charge in [-0.15, -0.1) is 0 Å². The number of anilines is 1. The van der Waals surface area contributed by atoms with Crippen molar-refractivity contribution in [2.24, 2.45) is 7.05 Å². The van der Waals surface area contributed by atoms with Gasteiger partial charge in [-0.05, 0) is 19.1 Å². The van der Waals surface area contributed by atoms with Crippen LogP contribution in [0.3, 0.4) is 0 Å². The van der Waals surface area contributed by atoms with Crippen LogP contribution in [0, 0.1) is 18.3 Å². The van der Waals surface area contributed by atoms with Gasteiger partial charge in [0.2, 0.25) is 5.91 Å². The average Bonchev–Trinajstić information content (AvgIpc) is 3.14. The number of nitrogens with one attached hydrogen (secondary N) is 1. The molecule has 1 aliphatic rings. The van der Waals surface area contributed by atoms with Gasteiger partial charge in [0, 0.05) is 39.2 Å². The predicted octanol–water partition coefficient (Wildman–Crippen LogP) is 1.42. The van der Waals surface area contributed by atoms with Crippen LogP contribution in [-0.2, 0) is 11.8 Å². The Balaban J connectivity index is 1.84. The molecule has 3 heterocycles. The van der Waals surface area contributed by atoms with Gasteiger partial charge in [0.25, 0.3) is 0 Å². The Hall–Kier alpha value is -2.88. The van der Waals surface area contributed by atoms with E-state index in [1.807, 2.05) is 29.6 Å². The number of carbonyl (C=O) groups is 1. The lowest BCUT2D eigenvalue weighted by Crippen LogP contribution is -2.30. The topological polar surface area (TPSA) is 86.8 Å². The number of nitrogens with zero attached hydrogens (tertiary/aromatic N) is 5. The van der Waals surface area contributed by atoms with E-state index in [0.29, 0.717) is 30.2 Å². The van der Waals surface area contributed by atoms with Crippen molar-refractivity contribution in [2.75, 3.05) is 18.4 Å². The van der Waals surface area contributed by atoms with E-state index in [1.165, 1.54) is 0 Å². The number of aromatic nitrogens is 3. The summed E-state index contributed by atoms with van der Waals surface area (Å²) < 4.78 is 1.91. The van der Waals surface area contributed by atoms with Gasteiger partial charge in [-0.1, -0.05) is 0 Å². The first-order valence-electron chi connectivity index (χ1n) is 7.85. The minimum absolute atomic E-state index is 0.0311. The van der Waals surface area contributed by atoms with Crippen molar-refractivity contribution in [3.63, 3.8) is 0 Å². The van der Waals surface area contributed by atoms with E-state index >= 15 is 0 Å². The summed E-state index contributed by atoms with van der Waals surface area (Å²) in [5, 5.41) is 12.4. The molecule has 2 aromatic heterocycles. The Morgan fingerprint density at radius 2 is 2.21 bits per heavy atom. The lowest BCUT2D eigenvalue weighted by Gasteiger charge is -2.19. The number of hydrogen-bond acceptors (Lipinski definition) is 5. The van der Waals surface area contributed by atoms with Crippen LogP contribution >= 0.6 is 0 Å². The summed E-state index contributed by atoms with van der Waals surface area (Å²) in [6.07, 6.45) is 3.76. The molecule has 0 saturated carbocycles. The maximum Gasteiger partial charge on any atom is 0.219 e. The molecule has 24 heavy (non-hydrogen) atoms. The van der Waals surface area contributed by atoms with Crippen molar-refractivity contribution in [1.82, 2.24) is 19.4 Å². The van der Waals surface area contributed by atoms with E-state index in [1.54, 1.807) is 25.4 Å². The lowest BCUT2D eigenvalue weighted by atomic mass is 10.0. The highest BCUT2D eigenvalue weighted by atomic mass is 16.2. The van der Waals surface area contributed by atoms with Gasteiger partial charge >= 0.3 is 0 Å². The summed E-state index contributed by atoms with van der Waals surface area (Å²) in [6, 6.07) is 5.72. The molecule has 1 amide bonds. The van der Waals surface area contributed by atoms with Crippen LogP contribution in [0.25, 0.3) is 0 Å². The smallest absolute Gasteiger partial charge is 0.219 e. The second-order valence-electron chi connectivity index (χ2n) is 6.19. The van der Waals surface area contributed by atoms with Gasteiger partial charge < -0.3 is 14.8 Å². The first-order chi connectivity index (χ1) is 11.5. The molecule has 2 aromatic rings. The highest BCUT2D eigenvalue weighted by Crippen LogP contribution is 2.29. The molecule has 0 spiro atoms. The normalized spacial score (nSPS) is 20.0. The zero-order valence-corrected chi connectivity index (χ0v) is 14.0. The Labute approximate surface area is 140 Å². The number of likely N-dealkylation sites (tertiary alicyclic amines) is 1. The highest BCUT2D eigenvalue weighted by Gasteiger charge is 2.36.